The fourth-order valence-electron chi connectivity index (χ4n) is 2.29. The van der Waals surface area contributed by atoms with Gasteiger partial charge in [0.05, 0.1) is 5.92 Å². The Labute approximate surface area is 119 Å². The van der Waals surface area contributed by atoms with Crippen LogP contribution in [0.15, 0.2) is 24.3 Å². The van der Waals surface area contributed by atoms with Crippen LogP contribution in [0.1, 0.15) is 31.2 Å². The van der Waals surface area contributed by atoms with Crippen LogP contribution in [0.3, 0.4) is 0 Å². The Balaban J connectivity index is 1.78. The molecule has 1 heterocycles. The molecule has 0 aromatic heterocycles. The number of fused-ring (bicyclic) bond motifs is 1. The highest BCUT2D eigenvalue weighted by atomic mass is 16.2. The molecule has 1 aliphatic rings. The minimum absolute atomic E-state index is 0.0166. The third kappa shape index (κ3) is 3.50. The number of hydrogen-bond donors (Lipinski definition) is 3. The molecular formula is C15H21N3O2. The predicted octanol–water partition coefficient (Wildman–Crippen LogP) is 1.23. The summed E-state index contributed by atoms with van der Waals surface area (Å²) in [5.74, 6) is -0.201. The Bertz CT molecular complexity index is 488. The Morgan fingerprint density at radius 1 is 1.25 bits per heavy atom. The molecule has 108 valence electrons. The molecule has 5 nitrogen and oxygen atoms in total. The molecule has 0 aliphatic carbocycles. The minimum atomic E-state index is -0.162. The van der Waals surface area contributed by atoms with E-state index >= 15 is 0 Å². The molecule has 0 spiro atoms. The lowest BCUT2D eigenvalue weighted by atomic mass is 10.0. The Morgan fingerprint density at radius 3 is 2.85 bits per heavy atom. The van der Waals surface area contributed by atoms with Gasteiger partial charge in [0.2, 0.25) is 11.8 Å². The van der Waals surface area contributed by atoms with E-state index in [0.717, 1.165) is 17.7 Å². The molecule has 2 amide bonds. The number of carbonyl (C=O) groups is 2. The first kappa shape index (κ1) is 14.4. The summed E-state index contributed by atoms with van der Waals surface area (Å²) in [4.78, 5) is 23.5. The van der Waals surface area contributed by atoms with Gasteiger partial charge < -0.3 is 16.0 Å². The lowest BCUT2D eigenvalue weighted by Crippen LogP contribution is -2.34. The zero-order valence-electron chi connectivity index (χ0n) is 11.7. The normalized spacial score (nSPS) is 16.1. The Morgan fingerprint density at radius 2 is 2.05 bits per heavy atom. The number of carbonyl (C=O) groups excluding carboxylic acids is 2. The summed E-state index contributed by atoms with van der Waals surface area (Å²) >= 11 is 0. The maximum absolute atomic E-state index is 12.1. The lowest BCUT2D eigenvalue weighted by molar-refractivity contribution is -0.123. The van der Waals surface area contributed by atoms with Crippen LogP contribution in [-0.4, -0.2) is 31.4 Å². The largest absolute Gasteiger partial charge is 0.384 e. The predicted molar refractivity (Wildman–Crippen MR) is 78.6 cm³/mol. The van der Waals surface area contributed by atoms with E-state index in [0.29, 0.717) is 26.1 Å². The fourth-order valence-corrected chi connectivity index (χ4v) is 2.29. The van der Waals surface area contributed by atoms with Crippen LogP contribution in [0, 0.1) is 0 Å². The highest BCUT2D eigenvalue weighted by molar-refractivity contribution is 5.88. The highest BCUT2D eigenvalue weighted by Gasteiger charge is 2.27. The second-order valence-corrected chi connectivity index (χ2v) is 4.91. The zero-order chi connectivity index (χ0) is 14.4. The molecule has 1 aliphatic heterocycles. The standard InChI is InChI=1S/C15H21N3O2/c1-2-8-16-14(19)7-9-17-15(20)12-10-18-13-6-4-3-5-11(12)13/h3-6,12,18H,2,7-10H2,1H3,(H,16,19)(H,17,20). The highest BCUT2D eigenvalue weighted by Crippen LogP contribution is 2.30. The molecule has 5 heteroatoms. The third-order valence-electron chi connectivity index (χ3n) is 3.37. The van der Waals surface area contributed by atoms with Gasteiger partial charge in [0.25, 0.3) is 0 Å². The van der Waals surface area contributed by atoms with Gasteiger partial charge in [-0.2, -0.15) is 0 Å². The second-order valence-electron chi connectivity index (χ2n) is 4.91. The van der Waals surface area contributed by atoms with E-state index in [1.165, 1.54) is 0 Å². The van der Waals surface area contributed by atoms with Crippen molar-refractivity contribution in [3.8, 4) is 0 Å². The van der Waals surface area contributed by atoms with Crippen LogP contribution in [0.5, 0.6) is 0 Å². The topological polar surface area (TPSA) is 70.2 Å². The first-order valence-electron chi connectivity index (χ1n) is 7.09. The first-order valence-corrected chi connectivity index (χ1v) is 7.09. The third-order valence-corrected chi connectivity index (χ3v) is 3.37. The van der Waals surface area contributed by atoms with Crippen molar-refractivity contribution in [1.82, 2.24) is 10.6 Å². The molecule has 0 bridgehead atoms. The number of amides is 2. The van der Waals surface area contributed by atoms with Crippen molar-refractivity contribution < 1.29 is 9.59 Å². The van der Waals surface area contributed by atoms with Crippen molar-refractivity contribution in [2.75, 3.05) is 25.0 Å². The molecule has 1 atom stereocenters. The minimum Gasteiger partial charge on any atom is -0.384 e. The van der Waals surface area contributed by atoms with Crippen LogP contribution in [0.2, 0.25) is 0 Å². The van der Waals surface area contributed by atoms with Gasteiger partial charge in [-0.1, -0.05) is 25.1 Å². The van der Waals surface area contributed by atoms with E-state index in [1.807, 2.05) is 31.2 Å². The maximum Gasteiger partial charge on any atom is 0.229 e. The summed E-state index contributed by atoms with van der Waals surface area (Å²) in [6, 6.07) is 7.82. The van der Waals surface area contributed by atoms with Crippen molar-refractivity contribution in [1.29, 1.82) is 0 Å². The summed E-state index contributed by atoms with van der Waals surface area (Å²) in [6.45, 7) is 3.69. The summed E-state index contributed by atoms with van der Waals surface area (Å²) in [7, 11) is 0. The van der Waals surface area contributed by atoms with E-state index in [4.69, 9.17) is 0 Å². The molecule has 0 saturated heterocycles. The molecule has 0 radical (unpaired) electrons. The summed E-state index contributed by atoms with van der Waals surface area (Å²) < 4.78 is 0. The van der Waals surface area contributed by atoms with Crippen LogP contribution >= 0.6 is 0 Å². The molecule has 1 unspecified atom stereocenters. The number of hydrogen-bond acceptors (Lipinski definition) is 3. The SMILES string of the molecule is CCCNC(=O)CCNC(=O)C1CNc2ccccc21. The van der Waals surface area contributed by atoms with Crippen LogP contribution in [0.25, 0.3) is 0 Å². The molecule has 3 N–H and O–H groups in total. The van der Waals surface area contributed by atoms with Gasteiger partial charge in [-0.15, -0.1) is 0 Å². The number of anilines is 1. The summed E-state index contributed by atoms with van der Waals surface area (Å²) in [6.07, 6.45) is 1.25. The van der Waals surface area contributed by atoms with E-state index in [2.05, 4.69) is 16.0 Å². The number of nitrogens with one attached hydrogen (secondary N) is 3. The molecule has 0 fully saturated rings. The van der Waals surface area contributed by atoms with Crippen LogP contribution in [0.4, 0.5) is 5.69 Å². The molecule has 20 heavy (non-hydrogen) atoms. The maximum atomic E-state index is 12.1. The molecular weight excluding hydrogens is 254 g/mol. The van der Waals surface area contributed by atoms with E-state index < -0.39 is 0 Å². The van der Waals surface area contributed by atoms with Gasteiger partial charge in [-0.3, -0.25) is 9.59 Å². The van der Waals surface area contributed by atoms with Gasteiger partial charge in [-0.25, -0.2) is 0 Å². The van der Waals surface area contributed by atoms with Gasteiger partial charge >= 0.3 is 0 Å². The van der Waals surface area contributed by atoms with Crippen molar-refractivity contribution in [3.63, 3.8) is 0 Å². The van der Waals surface area contributed by atoms with Crippen molar-refractivity contribution in [3.05, 3.63) is 29.8 Å². The van der Waals surface area contributed by atoms with Crippen molar-refractivity contribution in [2.45, 2.75) is 25.7 Å². The van der Waals surface area contributed by atoms with E-state index in [9.17, 15) is 9.59 Å². The second kappa shape index (κ2) is 6.93. The Hall–Kier alpha value is -2.04. The average molecular weight is 275 g/mol. The van der Waals surface area contributed by atoms with Gasteiger partial charge in [-0.05, 0) is 18.1 Å². The van der Waals surface area contributed by atoms with Gasteiger partial charge in [0.1, 0.15) is 0 Å². The Kier molecular flexibility index (Phi) is 4.98. The number of benzene rings is 1. The summed E-state index contributed by atoms with van der Waals surface area (Å²) in [5, 5.41) is 8.84. The van der Waals surface area contributed by atoms with Gasteiger partial charge in [0.15, 0.2) is 0 Å². The average Bonchev–Trinajstić information content (AvgIpc) is 2.89. The molecule has 2 rings (SSSR count). The smallest absolute Gasteiger partial charge is 0.229 e. The zero-order valence-corrected chi connectivity index (χ0v) is 11.7. The number of rotatable bonds is 6. The molecule has 1 aromatic carbocycles. The van der Waals surface area contributed by atoms with Crippen LogP contribution < -0.4 is 16.0 Å². The quantitative estimate of drug-likeness (QED) is 0.731. The lowest BCUT2D eigenvalue weighted by Gasteiger charge is -2.11. The van der Waals surface area contributed by atoms with Gasteiger partial charge in [0, 0.05) is 31.7 Å². The van der Waals surface area contributed by atoms with Crippen LogP contribution in [-0.2, 0) is 9.59 Å². The molecule has 0 saturated carbocycles. The first-order chi connectivity index (χ1) is 9.72. The number of para-hydroxylation sites is 1. The van der Waals surface area contributed by atoms with Crippen molar-refractivity contribution >= 4 is 17.5 Å². The summed E-state index contributed by atoms with van der Waals surface area (Å²) in [5.41, 5.74) is 2.05. The fraction of sp³-hybridized carbons (Fsp3) is 0.467. The van der Waals surface area contributed by atoms with E-state index in [1.54, 1.807) is 0 Å². The monoisotopic (exact) mass is 275 g/mol. The van der Waals surface area contributed by atoms with E-state index in [-0.39, 0.29) is 17.7 Å². The molecule has 1 aromatic rings. The van der Waals surface area contributed by atoms with Crippen molar-refractivity contribution in [2.24, 2.45) is 0 Å².